The molecule has 1 aliphatic carbocycles. The molecule has 0 aromatic rings. The topological polar surface area (TPSA) is 94.1 Å². The van der Waals surface area contributed by atoms with Gasteiger partial charge in [0.25, 0.3) is 0 Å². The molecule has 0 aromatic carbocycles. The molecular weight excluding hydrogens is 232 g/mol. The molecule has 0 spiro atoms. The van der Waals surface area contributed by atoms with Crippen molar-refractivity contribution in [1.29, 1.82) is 0 Å². The molecule has 1 rings (SSSR count). The van der Waals surface area contributed by atoms with Crippen LogP contribution in [0.5, 0.6) is 0 Å². The predicted molar refractivity (Wildman–Crippen MR) is 55.4 cm³/mol. The quantitative estimate of drug-likeness (QED) is 0.613. The number of aliphatic carboxylic acids is 1. The minimum atomic E-state index is -3.61. The summed E-state index contributed by atoms with van der Waals surface area (Å²) in [4.78, 5) is 11.2. The van der Waals surface area contributed by atoms with Gasteiger partial charge in [-0.3, -0.25) is 0 Å². The van der Waals surface area contributed by atoms with E-state index in [0.29, 0.717) is 12.8 Å². The molecule has 0 amide bonds. The van der Waals surface area contributed by atoms with E-state index >= 15 is 0 Å². The Morgan fingerprint density at radius 1 is 1.25 bits per heavy atom. The number of hydrogen-bond acceptors (Lipinski definition) is 4. The van der Waals surface area contributed by atoms with Gasteiger partial charge in [-0.2, -0.15) is 12.7 Å². The summed E-state index contributed by atoms with van der Waals surface area (Å²) in [5.74, 6) is -1.28. The molecule has 0 radical (unpaired) electrons. The average Bonchev–Trinajstić information content (AvgIpc) is 2.18. The molecule has 0 heterocycles. The molecule has 0 bridgehead atoms. The van der Waals surface area contributed by atoms with Crippen molar-refractivity contribution in [2.75, 3.05) is 14.1 Å². The van der Waals surface area contributed by atoms with Crippen LogP contribution in [-0.4, -0.2) is 38.3 Å². The van der Waals surface area contributed by atoms with Gasteiger partial charge >= 0.3 is 10.2 Å². The van der Waals surface area contributed by atoms with Crippen molar-refractivity contribution in [2.24, 2.45) is 0 Å². The first-order valence-corrected chi connectivity index (χ1v) is 6.80. The summed E-state index contributed by atoms with van der Waals surface area (Å²) in [6, 6.07) is 0. The lowest BCUT2D eigenvalue weighted by Crippen LogP contribution is -3.03. The second kappa shape index (κ2) is 4.68. The molecule has 0 aliphatic heterocycles. The molecule has 0 aromatic heterocycles. The predicted octanol–water partition coefficient (Wildman–Crippen LogP) is -2.19. The zero-order chi connectivity index (χ0) is 12.4. The van der Waals surface area contributed by atoms with E-state index in [1.165, 1.54) is 14.1 Å². The zero-order valence-corrected chi connectivity index (χ0v) is 10.4. The van der Waals surface area contributed by atoms with Crippen molar-refractivity contribution in [3.63, 3.8) is 0 Å². The largest absolute Gasteiger partial charge is 0.544 e. The first kappa shape index (κ1) is 13.4. The normalized spacial score (nSPS) is 20.9. The van der Waals surface area contributed by atoms with E-state index in [1.807, 2.05) is 0 Å². The molecular formula is C9H18N2O4S. The molecule has 7 heteroatoms. The molecule has 0 atom stereocenters. The third-order valence-corrected chi connectivity index (χ3v) is 4.80. The summed E-state index contributed by atoms with van der Waals surface area (Å²) in [5.41, 5.74) is -1.30. The fourth-order valence-electron chi connectivity index (χ4n) is 1.94. The molecule has 16 heavy (non-hydrogen) atoms. The molecule has 2 N–H and O–H groups in total. The van der Waals surface area contributed by atoms with E-state index in [0.717, 1.165) is 28.3 Å². The zero-order valence-electron chi connectivity index (χ0n) is 9.60. The van der Waals surface area contributed by atoms with Crippen molar-refractivity contribution in [2.45, 2.75) is 37.6 Å². The fourth-order valence-corrected chi connectivity index (χ4v) is 3.06. The Balaban J connectivity index is 2.92. The maximum absolute atomic E-state index is 11.7. The van der Waals surface area contributed by atoms with Gasteiger partial charge in [-0.15, -0.1) is 0 Å². The number of hydrogen-bond donors (Lipinski definition) is 1. The average molecular weight is 250 g/mol. The molecule has 1 fully saturated rings. The highest BCUT2D eigenvalue weighted by atomic mass is 32.2. The highest BCUT2D eigenvalue weighted by Crippen LogP contribution is 2.24. The molecule has 94 valence electrons. The SMILES string of the molecule is CN(C)S(=O)(=O)[NH2+]C1(C(=O)[O-])CCCCC1. The molecule has 0 unspecified atom stereocenters. The number of quaternary nitrogens is 1. The van der Waals surface area contributed by atoms with Crippen molar-refractivity contribution in [1.82, 2.24) is 4.31 Å². The lowest BCUT2D eigenvalue weighted by atomic mass is 9.83. The van der Waals surface area contributed by atoms with E-state index in [1.54, 1.807) is 0 Å². The van der Waals surface area contributed by atoms with E-state index in [-0.39, 0.29) is 0 Å². The van der Waals surface area contributed by atoms with Crippen molar-refractivity contribution >= 4 is 16.2 Å². The van der Waals surface area contributed by atoms with Crippen molar-refractivity contribution < 1.29 is 23.0 Å². The smallest absolute Gasteiger partial charge is 0.369 e. The van der Waals surface area contributed by atoms with Crippen LogP contribution in [0.2, 0.25) is 0 Å². The number of carboxylic acids is 1. The molecule has 6 nitrogen and oxygen atoms in total. The Bertz CT molecular complexity index is 358. The third-order valence-electron chi connectivity index (χ3n) is 3.04. The number of rotatable bonds is 4. The lowest BCUT2D eigenvalue weighted by molar-refractivity contribution is -0.593. The van der Waals surface area contributed by atoms with Crippen LogP contribution in [0.4, 0.5) is 0 Å². The summed E-state index contributed by atoms with van der Waals surface area (Å²) < 4.78 is 25.3. The summed E-state index contributed by atoms with van der Waals surface area (Å²) in [5, 5.41) is 11.2. The standard InChI is InChI=1S/C9H18N2O4S/c1-11(2)16(14,15)10-9(8(12)13)6-4-3-5-7-9/h10H,3-7H2,1-2H3,(H,12,13). The monoisotopic (exact) mass is 250 g/mol. The second-order valence-electron chi connectivity index (χ2n) is 4.45. The highest BCUT2D eigenvalue weighted by molar-refractivity contribution is 7.82. The van der Waals surface area contributed by atoms with Crippen LogP contribution in [-0.2, 0) is 15.0 Å². The van der Waals surface area contributed by atoms with Crippen LogP contribution < -0.4 is 9.83 Å². The Hall–Kier alpha value is -0.660. The van der Waals surface area contributed by atoms with E-state index in [2.05, 4.69) is 0 Å². The second-order valence-corrected chi connectivity index (χ2v) is 6.45. The minimum Gasteiger partial charge on any atom is -0.544 e. The molecule has 1 saturated carbocycles. The Morgan fingerprint density at radius 2 is 1.75 bits per heavy atom. The van der Waals surface area contributed by atoms with E-state index < -0.39 is 21.7 Å². The number of nitrogens with zero attached hydrogens (tertiary/aromatic N) is 1. The van der Waals surface area contributed by atoms with E-state index in [4.69, 9.17) is 0 Å². The Morgan fingerprint density at radius 3 is 2.12 bits per heavy atom. The van der Waals surface area contributed by atoms with Crippen LogP contribution >= 0.6 is 0 Å². The Kier molecular flexibility index (Phi) is 3.92. The van der Waals surface area contributed by atoms with Crippen LogP contribution in [0, 0.1) is 0 Å². The summed E-state index contributed by atoms with van der Waals surface area (Å²) >= 11 is 0. The number of carbonyl (C=O) groups is 1. The van der Waals surface area contributed by atoms with Crippen LogP contribution in [0.3, 0.4) is 0 Å². The Labute approximate surface area is 95.8 Å². The number of carboxylic acid groups (broad SMARTS) is 1. The van der Waals surface area contributed by atoms with Gasteiger partial charge in [0.15, 0.2) is 5.54 Å². The maximum Gasteiger partial charge on any atom is 0.369 e. The minimum absolute atomic E-state index is 0.350. The van der Waals surface area contributed by atoms with Crippen LogP contribution in [0.15, 0.2) is 0 Å². The summed E-state index contributed by atoms with van der Waals surface area (Å²) in [7, 11) is -0.841. The lowest BCUT2D eigenvalue weighted by Gasteiger charge is -2.35. The highest BCUT2D eigenvalue weighted by Gasteiger charge is 2.42. The van der Waals surface area contributed by atoms with Crippen molar-refractivity contribution in [3.8, 4) is 0 Å². The molecule has 0 saturated heterocycles. The van der Waals surface area contributed by atoms with E-state index in [9.17, 15) is 18.3 Å². The fraction of sp³-hybridized carbons (Fsp3) is 0.889. The number of nitrogens with two attached hydrogens (primary N) is 1. The van der Waals surface area contributed by atoms with Gasteiger partial charge in [0, 0.05) is 26.9 Å². The summed E-state index contributed by atoms with van der Waals surface area (Å²) in [6.07, 6.45) is 3.11. The van der Waals surface area contributed by atoms with Gasteiger partial charge in [0.2, 0.25) is 0 Å². The van der Waals surface area contributed by atoms with Gasteiger partial charge in [-0.1, -0.05) is 6.42 Å². The maximum atomic E-state index is 11.7. The summed E-state index contributed by atoms with van der Waals surface area (Å²) in [6.45, 7) is 0. The van der Waals surface area contributed by atoms with Gasteiger partial charge in [0.05, 0.1) is 0 Å². The third kappa shape index (κ3) is 2.72. The van der Waals surface area contributed by atoms with Crippen LogP contribution in [0.25, 0.3) is 0 Å². The van der Waals surface area contributed by atoms with Gasteiger partial charge < -0.3 is 9.90 Å². The first-order valence-electron chi connectivity index (χ1n) is 5.30. The van der Waals surface area contributed by atoms with Gasteiger partial charge in [-0.25, -0.2) is 4.72 Å². The van der Waals surface area contributed by atoms with Crippen LogP contribution in [0.1, 0.15) is 32.1 Å². The van der Waals surface area contributed by atoms with Gasteiger partial charge in [0.1, 0.15) is 5.97 Å². The van der Waals surface area contributed by atoms with Gasteiger partial charge in [-0.05, 0) is 12.8 Å². The number of carbonyl (C=O) groups excluding carboxylic acids is 1. The molecule has 1 aliphatic rings. The van der Waals surface area contributed by atoms with Crippen molar-refractivity contribution in [3.05, 3.63) is 0 Å². The first-order chi connectivity index (χ1) is 7.30.